The molecule has 28 heavy (non-hydrogen) atoms. The first-order valence-electron chi connectivity index (χ1n) is 9.62. The zero-order chi connectivity index (χ0) is 19.1. The number of halogens is 2. The van der Waals surface area contributed by atoms with E-state index in [1.165, 1.54) is 18.9 Å². The van der Waals surface area contributed by atoms with Crippen molar-refractivity contribution in [2.45, 2.75) is 39.7 Å². The van der Waals surface area contributed by atoms with E-state index in [4.69, 9.17) is 4.98 Å². The lowest BCUT2D eigenvalue weighted by Crippen LogP contribution is -2.38. The SMILES string of the molecule is CCNC(=NCc1ccc(F)c(C)c1)NCCc1csc(N2CCCC2)n1.I. The molecule has 0 saturated carbocycles. The smallest absolute Gasteiger partial charge is 0.191 e. The summed E-state index contributed by atoms with van der Waals surface area (Å²) in [5.41, 5.74) is 2.78. The highest BCUT2D eigenvalue weighted by molar-refractivity contribution is 14.0. The van der Waals surface area contributed by atoms with E-state index < -0.39 is 0 Å². The molecule has 5 nitrogen and oxygen atoms in total. The largest absolute Gasteiger partial charge is 0.357 e. The van der Waals surface area contributed by atoms with Gasteiger partial charge in [-0.3, -0.25) is 0 Å². The number of nitrogens with one attached hydrogen (secondary N) is 2. The molecule has 2 N–H and O–H groups in total. The van der Waals surface area contributed by atoms with Crippen LogP contribution in [-0.4, -0.2) is 37.1 Å². The highest BCUT2D eigenvalue weighted by Gasteiger charge is 2.15. The molecular formula is C20H29FIN5S. The Bertz CT molecular complexity index is 774. The third-order valence-electron chi connectivity index (χ3n) is 4.58. The molecule has 0 radical (unpaired) electrons. The number of thiazole rings is 1. The first-order valence-corrected chi connectivity index (χ1v) is 10.5. The van der Waals surface area contributed by atoms with Gasteiger partial charge in [-0.2, -0.15) is 0 Å². The summed E-state index contributed by atoms with van der Waals surface area (Å²) in [6, 6.07) is 5.13. The van der Waals surface area contributed by atoms with Gasteiger partial charge in [0.05, 0.1) is 12.2 Å². The molecule has 0 unspecified atom stereocenters. The molecule has 3 rings (SSSR count). The van der Waals surface area contributed by atoms with Gasteiger partial charge in [-0.1, -0.05) is 12.1 Å². The minimum Gasteiger partial charge on any atom is -0.357 e. The number of benzene rings is 1. The van der Waals surface area contributed by atoms with Crippen LogP contribution in [0.2, 0.25) is 0 Å². The molecule has 8 heteroatoms. The number of aromatic nitrogens is 1. The van der Waals surface area contributed by atoms with Crippen LogP contribution < -0.4 is 15.5 Å². The number of nitrogens with zero attached hydrogens (tertiary/aromatic N) is 3. The van der Waals surface area contributed by atoms with Crippen LogP contribution in [0.3, 0.4) is 0 Å². The van der Waals surface area contributed by atoms with Crippen molar-refractivity contribution in [3.8, 4) is 0 Å². The Labute approximate surface area is 187 Å². The van der Waals surface area contributed by atoms with Crippen LogP contribution in [0.5, 0.6) is 0 Å². The van der Waals surface area contributed by atoms with Gasteiger partial charge in [0.1, 0.15) is 5.82 Å². The van der Waals surface area contributed by atoms with Gasteiger partial charge < -0.3 is 15.5 Å². The number of rotatable bonds is 7. The second kappa shape index (κ2) is 11.5. The molecule has 1 aromatic carbocycles. The number of hydrogen-bond acceptors (Lipinski definition) is 4. The number of hydrogen-bond donors (Lipinski definition) is 2. The molecule has 0 amide bonds. The molecule has 2 heterocycles. The van der Waals surface area contributed by atoms with Crippen LogP contribution in [0, 0.1) is 12.7 Å². The summed E-state index contributed by atoms with van der Waals surface area (Å²) in [6.45, 7) is 8.17. The Hall–Kier alpha value is -1.42. The second-order valence-corrected chi connectivity index (χ2v) is 7.61. The minimum absolute atomic E-state index is 0. The molecule has 1 saturated heterocycles. The molecule has 154 valence electrons. The molecule has 1 aliphatic heterocycles. The molecule has 0 atom stereocenters. The molecule has 0 spiro atoms. The van der Waals surface area contributed by atoms with Crippen LogP contribution in [0.4, 0.5) is 9.52 Å². The summed E-state index contributed by atoms with van der Waals surface area (Å²) >= 11 is 1.74. The summed E-state index contributed by atoms with van der Waals surface area (Å²) in [6.07, 6.45) is 3.41. The number of aryl methyl sites for hydroxylation is 1. The van der Waals surface area contributed by atoms with Crippen molar-refractivity contribution in [3.63, 3.8) is 0 Å². The van der Waals surface area contributed by atoms with Gasteiger partial charge in [0, 0.05) is 38.0 Å². The van der Waals surface area contributed by atoms with E-state index in [0.717, 1.165) is 54.9 Å². The molecule has 1 fully saturated rings. The fourth-order valence-electron chi connectivity index (χ4n) is 3.09. The highest BCUT2D eigenvalue weighted by atomic mass is 127. The number of guanidine groups is 1. The van der Waals surface area contributed by atoms with Crippen molar-refractivity contribution in [1.29, 1.82) is 0 Å². The zero-order valence-electron chi connectivity index (χ0n) is 16.5. The normalized spacial score (nSPS) is 14.1. The van der Waals surface area contributed by atoms with Crippen LogP contribution >= 0.6 is 35.3 Å². The molecule has 2 aromatic rings. The Balaban J connectivity index is 0.00000280. The van der Waals surface area contributed by atoms with Gasteiger partial charge in [-0.25, -0.2) is 14.4 Å². The van der Waals surface area contributed by atoms with E-state index in [2.05, 4.69) is 25.9 Å². The quantitative estimate of drug-likeness (QED) is 0.330. The standard InChI is InChI=1S/C20H28FN5S.HI/c1-3-22-19(24-13-16-6-7-18(21)15(2)12-16)23-9-8-17-14-27-20(25-17)26-10-4-5-11-26;/h6-7,12,14H,3-5,8-11,13H2,1-2H3,(H2,22,23,24);1H. The van der Waals surface area contributed by atoms with E-state index >= 15 is 0 Å². The molecule has 0 aliphatic carbocycles. The number of aliphatic imine (C=N–C) groups is 1. The second-order valence-electron chi connectivity index (χ2n) is 6.77. The van der Waals surface area contributed by atoms with Gasteiger partial charge in [-0.15, -0.1) is 35.3 Å². The van der Waals surface area contributed by atoms with Gasteiger partial charge in [0.15, 0.2) is 11.1 Å². The summed E-state index contributed by atoms with van der Waals surface area (Å²) in [5, 5.41) is 9.92. The lowest BCUT2D eigenvalue weighted by Gasteiger charge is -2.12. The van der Waals surface area contributed by atoms with E-state index in [-0.39, 0.29) is 29.8 Å². The minimum atomic E-state index is -0.177. The van der Waals surface area contributed by atoms with Crippen molar-refractivity contribution < 1.29 is 4.39 Å². The van der Waals surface area contributed by atoms with Crippen LogP contribution in [-0.2, 0) is 13.0 Å². The summed E-state index contributed by atoms with van der Waals surface area (Å²) in [4.78, 5) is 11.7. The maximum absolute atomic E-state index is 13.4. The molecule has 1 aliphatic rings. The van der Waals surface area contributed by atoms with Crippen LogP contribution in [0.15, 0.2) is 28.6 Å². The lowest BCUT2D eigenvalue weighted by molar-refractivity contribution is 0.617. The Morgan fingerprint density at radius 2 is 2.07 bits per heavy atom. The Morgan fingerprint density at radius 1 is 1.29 bits per heavy atom. The Morgan fingerprint density at radius 3 is 2.79 bits per heavy atom. The predicted octanol–water partition coefficient (Wildman–Crippen LogP) is 4.11. The third kappa shape index (κ3) is 6.58. The lowest BCUT2D eigenvalue weighted by atomic mass is 10.1. The molecule has 1 aromatic heterocycles. The highest BCUT2D eigenvalue weighted by Crippen LogP contribution is 2.24. The maximum atomic E-state index is 13.4. The average Bonchev–Trinajstić information content (AvgIpc) is 3.34. The van der Waals surface area contributed by atoms with Crippen molar-refractivity contribution in [2.24, 2.45) is 4.99 Å². The van der Waals surface area contributed by atoms with Gasteiger partial charge >= 0.3 is 0 Å². The van der Waals surface area contributed by atoms with Crippen LogP contribution in [0.1, 0.15) is 36.6 Å². The first-order chi connectivity index (χ1) is 13.2. The average molecular weight is 517 g/mol. The van der Waals surface area contributed by atoms with E-state index in [0.29, 0.717) is 12.1 Å². The van der Waals surface area contributed by atoms with Crippen molar-refractivity contribution in [2.75, 3.05) is 31.1 Å². The molecular weight excluding hydrogens is 488 g/mol. The number of anilines is 1. The zero-order valence-corrected chi connectivity index (χ0v) is 19.6. The van der Waals surface area contributed by atoms with Gasteiger partial charge in [-0.05, 0) is 43.9 Å². The van der Waals surface area contributed by atoms with E-state index in [9.17, 15) is 4.39 Å². The maximum Gasteiger partial charge on any atom is 0.191 e. The third-order valence-corrected chi connectivity index (χ3v) is 5.53. The monoisotopic (exact) mass is 517 g/mol. The summed E-state index contributed by atoms with van der Waals surface area (Å²) in [5.74, 6) is 0.596. The molecule has 0 bridgehead atoms. The van der Waals surface area contributed by atoms with Crippen molar-refractivity contribution in [3.05, 3.63) is 46.2 Å². The van der Waals surface area contributed by atoms with Crippen LogP contribution in [0.25, 0.3) is 0 Å². The fourth-order valence-corrected chi connectivity index (χ4v) is 4.00. The van der Waals surface area contributed by atoms with Gasteiger partial charge in [0.2, 0.25) is 0 Å². The first kappa shape index (κ1) is 22.9. The van der Waals surface area contributed by atoms with E-state index in [1.54, 1.807) is 24.3 Å². The van der Waals surface area contributed by atoms with Crippen molar-refractivity contribution >= 4 is 46.4 Å². The topological polar surface area (TPSA) is 52.6 Å². The van der Waals surface area contributed by atoms with Crippen molar-refractivity contribution in [1.82, 2.24) is 15.6 Å². The van der Waals surface area contributed by atoms with Gasteiger partial charge in [0.25, 0.3) is 0 Å². The fraction of sp³-hybridized carbons (Fsp3) is 0.500. The van der Waals surface area contributed by atoms with E-state index in [1.807, 2.05) is 13.0 Å². The summed E-state index contributed by atoms with van der Waals surface area (Å²) < 4.78 is 13.4. The Kier molecular flexibility index (Phi) is 9.43. The predicted molar refractivity (Wildman–Crippen MR) is 127 cm³/mol. The summed E-state index contributed by atoms with van der Waals surface area (Å²) in [7, 11) is 0.